The van der Waals surface area contributed by atoms with E-state index in [0.717, 1.165) is 12.0 Å². The number of hydrogen-bond acceptors (Lipinski definition) is 2. The predicted molar refractivity (Wildman–Crippen MR) is 75.8 cm³/mol. The van der Waals surface area contributed by atoms with E-state index in [9.17, 15) is 9.59 Å². The number of nitrogens with one attached hydrogen (secondary N) is 2. The van der Waals surface area contributed by atoms with E-state index in [2.05, 4.69) is 24.5 Å². The summed E-state index contributed by atoms with van der Waals surface area (Å²) < 4.78 is 0. The summed E-state index contributed by atoms with van der Waals surface area (Å²) >= 11 is 0. The molecule has 0 bridgehead atoms. The van der Waals surface area contributed by atoms with Gasteiger partial charge in [-0.2, -0.15) is 0 Å². The van der Waals surface area contributed by atoms with Crippen LogP contribution in [0.2, 0.25) is 0 Å². The summed E-state index contributed by atoms with van der Waals surface area (Å²) in [5.74, 6) is 0.509. The van der Waals surface area contributed by atoms with E-state index >= 15 is 0 Å². The Morgan fingerprint density at radius 3 is 2.32 bits per heavy atom. The van der Waals surface area contributed by atoms with Crippen LogP contribution in [0, 0.1) is 5.92 Å². The summed E-state index contributed by atoms with van der Waals surface area (Å²) in [6.07, 6.45) is 1.47. The van der Waals surface area contributed by atoms with E-state index < -0.39 is 0 Å². The molecule has 2 amide bonds. The fourth-order valence-corrected chi connectivity index (χ4v) is 1.63. The van der Waals surface area contributed by atoms with Crippen LogP contribution in [0.3, 0.4) is 0 Å². The molecule has 4 heteroatoms. The number of carbonyl (C=O) groups is 2. The first-order chi connectivity index (χ1) is 9.02. The van der Waals surface area contributed by atoms with Crippen LogP contribution in [0.15, 0.2) is 24.3 Å². The average Bonchev–Trinajstić information content (AvgIpc) is 2.42. The van der Waals surface area contributed by atoms with Crippen molar-refractivity contribution in [3.8, 4) is 0 Å². The van der Waals surface area contributed by atoms with Crippen molar-refractivity contribution in [1.29, 1.82) is 0 Å². The van der Waals surface area contributed by atoms with Crippen LogP contribution < -0.4 is 10.6 Å². The fourth-order valence-electron chi connectivity index (χ4n) is 1.63. The Balaban J connectivity index is 2.41. The Labute approximate surface area is 114 Å². The topological polar surface area (TPSA) is 58.2 Å². The lowest BCUT2D eigenvalue weighted by atomic mass is 10.1. The molecular weight excluding hydrogens is 240 g/mol. The molecule has 19 heavy (non-hydrogen) atoms. The Morgan fingerprint density at radius 2 is 1.79 bits per heavy atom. The monoisotopic (exact) mass is 262 g/mol. The molecule has 0 unspecified atom stereocenters. The third kappa shape index (κ3) is 5.55. The van der Waals surface area contributed by atoms with Gasteiger partial charge >= 0.3 is 0 Å². The molecule has 1 rings (SSSR count). The SMILES string of the molecule is CNC(=O)c1ccc(CNC(=O)CCC(C)C)cc1. The van der Waals surface area contributed by atoms with Gasteiger partial charge in [-0.3, -0.25) is 9.59 Å². The van der Waals surface area contributed by atoms with Crippen molar-refractivity contribution in [3.05, 3.63) is 35.4 Å². The third-order valence-corrected chi connectivity index (χ3v) is 2.88. The summed E-state index contributed by atoms with van der Waals surface area (Å²) in [5, 5.41) is 5.45. The van der Waals surface area contributed by atoms with Crippen LogP contribution in [0.4, 0.5) is 0 Å². The smallest absolute Gasteiger partial charge is 0.251 e. The zero-order chi connectivity index (χ0) is 14.3. The zero-order valence-electron chi connectivity index (χ0n) is 11.8. The minimum absolute atomic E-state index is 0.0732. The molecule has 0 saturated carbocycles. The lowest BCUT2D eigenvalue weighted by molar-refractivity contribution is -0.121. The number of amides is 2. The van der Waals surface area contributed by atoms with E-state index in [-0.39, 0.29) is 11.8 Å². The molecule has 0 atom stereocenters. The molecule has 0 aliphatic carbocycles. The van der Waals surface area contributed by atoms with Gasteiger partial charge < -0.3 is 10.6 Å². The van der Waals surface area contributed by atoms with Crippen LogP contribution in [0.5, 0.6) is 0 Å². The predicted octanol–water partition coefficient (Wildman–Crippen LogP) is 2.10. The zero-order valence-corrected chi connectivity index (χ0v) is 11.8. The number of carbonyl (C=O) groups excluding carboxylic acids is 2. The highest BCUT2D eigenvalue weighted by Crippen LogP contribution is 2.06. The second-order valence-electron chi connectivity index (χ2n) is 4.99. The molecule has 104 valence electrons. The van der Waals surface area contributed by atoms with E-state index in [1.54, 1.807) is 19.2 Å². The Kier molecular flexibility index (Phi) is 6.06. The van der Waals surface area contributed by atoms with Crippen molar-refractivity contribution in [3.63, 3.8) is 0 Å². The van der Waals surface area contributed by atoms with Crippen molar-refractivity contribution < 1.29 is 9.59 Å². The van der Waals surface area contributed by atoms with Gasteiger partial charge in [-0.05, 0) is 30.0 Å². The second-order valence-corrected chi connectivity index (χ2v) is 4.99. The van der Waals surface area contributed by atoms with E-state index in [1.165, 1.54) is 0 Å². The summed E-state index contributed by atoms with van der Waals surface area (Å²) in [7, 11) is 1.60. The molecule has 0 saturated heterocycles. The van der Waals surface area contributed by atoms with Crippen LogP contribution in [0.25, 0.3) is 0 Å². The largest absolute Gasteiger partial charge is 0.355 e. The molecule has 0 aliphatic rings. The molecule has 1 aromatic carbocycles. The molecule has 0 spiro atoms. The van der Waals surface area contributed by atoms with Crippen molar-refractivity contribution in [2.75, 3.05) is 7.05 Å². The minimum Gasteiger partial charge on any atom is -0.355 e. The molecule has 0 fully saturated rings. The normalized spacial score (nSPS) is 10.3. The summed E-state index contributed by atoms with van der Waals surface area (Å²) in [4.78, 5) is 22.9. The van der Waals surface area contributed by atoms with Gasteiger partial charge in [0.2, 0.25) is 5.91 Å². The molecule has 0 aromatic heterocycles. The summed E-state index contributed by atoms with van der Waals surface area (Å²) in [6.45, 7) is 4.71. The molecule has 1 aromatic rings. The highest BCUT2D eigenvalue weighted by Gasteiger charge is 2.05. The van der Waals surface area contributed by atoms with E-state index in [4.69, 9.17) is 0 Å². The molecular formula is C15H22N2O2. The van der Waals surface area contributed by atoms with Crippen LogP contribution >= 0.6 is 0 Å². The Morgan fingerprint density at radius 1 is 1.16 bits per heavy atom. The van der Waals surface area contributed by atoms with Gasteiger partial charge in [0.1, 0.15) is 0 Å². The number of benzene rings is 1. The first-order valence-electron chi connectivity index (χ1n) is 6.60. The van der Waals surface area contributed by atoms with Gasteiger partial charge in [0, 0.05) is 25.6 Å². The lowest BCUT2D eigenvalue weighted by Gasteiger charge is -2.07. The van der Waals surface area contributed by atoms with E-state index in [0.29, 0.717) is 24.4 Å². The van der Waals surface area contributed by atoms with Crippen molar-refractivity contribution >= 4 is 11.8 Å². The van der Waals surface area contributed by atoms with Gasteiger partial charge in [0.05, 0.1) is 0 Å². The lowest BCUT2D eigenvalue weighted by Crippen LogP contribution is -2.23. The van der Waals surface area contributed by atoms with Crippen molar-refractivity contribution in [2.24, 2.45) is 5.92 Å². The van der Waals surface area contributed by atoms with Gasteiger partial charge in [0.25, 0.3) is 5.91 Å². The third-order valence-electron chi connectivity index (χ3n) is 2.88. The quantitative estimate of drug-likeness (QED) is 0.825. The fraction of sp³-hybridized carbons (Fsp3) is 0.467. The van der Waals surface area contributed by atoms with Crippen molar-refractivity contribution in [1.82, 2.24) is 10.6 Å². The molecule has 0 radical (unpaired) electrons. The standard InChI is InChI=1S/C15H22N2O2/c1-11(2)4-9-14(18)17-10-12-5-7-13(8-6-12)15(19)16-3/h5-8,11H,4,9-10H2,1-3H3,(H,16,19)(H,17,18). The molecule has 0 heterocycles. The molecule has 4 nitrogen and oxygen atoms in total. The number of hydrogen-bond donors (Lipinski definition) is 2. The van der Waals surface area contributed by atoms with Gasteiger partial charge in [-0.1, -0.05) is 26.0 Å². The van der Waals surface area contributed by atoms with Gasteiger partial charge in [-0.15, -0.1) is 0 Å². The van der Waals surface area contributed by atoms with Crippen LogP contribution in [-0.4, -0.2) is 18.9 Å². The molecule has 2 N–H and O–H groups in total. The Hall–Kier alpha value is -1.84. The van der Waals surface area contributed by atoms with Gasteiger partial charge in [-0.25, -0.2) is 0 Å². The maximum Gasteiger partial charge on any atom is 0.251 e. The summed E-state index contributed by atoms with van der Waals surface area (Å²) in [5.41, 5.74) is 1.61. The van der Waals surface area contributed by atoms with E-state index in [1.807, 2.05) is 12.1 Å². The highest BCUT2D eigenvalue weighted by atomic mass is 16.2. The molecule has 0 aliphatic heterocycles. The van der Waals surface area contributed by atoms with Crippen LogP contribution in [-0.2, 0) is 11.3 Å². The first kappa shape index (κ1) is 15.2. The second kappa shape index (κ2) is 7.56. The summed E-state index contributed by atoms with van der Waals surface area (Å²) in [6, 6.07) is 7.23. The Bertz CT molecular complexity index is 424. The van der Waals surface area contributed by atoms with Crippen molar-refractivity contribution in [2.45, 2.75) is 33.2 Å². The number of rotatable bonds is 6. The highest BCUT2D eigenvalue weighted by molar-refractivity contribution is 5.93. The minimum atomic E-state index is -0.104. The van der Waals surface area contributed by atoms with Crippen LogP contribution in [0.1, 0.15) is 42.6 Å². The average molecular weight is 262 g/mol. The maximum atomic E-state index is 11.6. The first-order valence-corrected chi connectivity index (χ1v) is 6.60. The maximum absolute atomic E-state index is 11.6. The van der Waals surface area contributed by atoms with Gasteiger partial charge in [0.15, 0.2) is 0 Å².